The van der Waals surface area contributed by atoms with Gasteiger partial charge in [-0.15, -0.1) is 0 Å². The van der Waals surface area contributed by atoms with E-state index in [1.165, 1.54) is 0 Å². The summed E-state index contributed by atoms with van der Waals surface area (Å²) in [6, 6.07) is 14.4. The summed E-state index contributed by atoms with van der Waals surface area (Å²) in [5.74, 6) is 0.279. The minimum atomic E-state index is -0.508. The highest BCUT2D eigenvalue weighted by atomic mass is 16.3. The van der Waals surface area contributed by atoms with E-state index in [-0.39, 0.29) is 17.6 Å². The van der Waals surface area contributed by atoms with Crippen molar-refractivity contribution in [2.75, 3.05) is 23.3 Å². The van der Waals surface area contributed by atoms with Gasteiger partial charge in [-0.25, -0.2) is 4.98 Å². The summed E-state index contributed by atoms with van der Waals surface area (Å²) >= 11 is 0. The van der Waals surface area contributed by atoms with Crippen LogP contribution in [0.2, 0.25) is 0 Å². The van der Waals surface area contributed by atoms with Crippen molar-refractivity contribution < 1.29 is 14.7 Å². The van der Waals surface area contributed by atoms with Crippen molar-refractivity contribution >= 4 is 34.2 Å². The predicted molar refractivity (Wildman–Crippen MR) is 117 cm³/mol. The molecule has 0 atom stereocenters. The summed E-state index contributed by atoms with van der Waals surface area (Å²) in [6.07, 6.45) is 1.39. The van der Waals surface area contributed by atoms with E-state index in [2.05, 4.69) is 15.2 Å². The molecule has 0 spiro atoms. The fraction of sp³-hybridized carbons (Fsp3) is 0.261. The van der Waals surface area contributed by atoms with Crippen molar-refractivity contribution in [1.29, 1.82) is 0 Å². The third-order valence-corrected chi connectivity index (χ3v) is 5.64. The number of nitrogens with zero attached hydrogens (tertiary/aromatic N) is 2. The fourth-order valence-electron chi connectivity index (χ4n) is 3.88. The Hall–Kier alpha value is -3.61. The number of piperidine rings is 1. The highest BCUT2D eigenvalue weighted by Gasteiger charge is 2.26. The van der Waals surface area contributed by atoms with Gasteiger partial charge in [0, 0.05) is 35.6 Å². The van der Waals surface area contributed by atoms with Crippen molar-refractivity contribution in [2.45, 2.75) is 19.8 Å². The van der Waals surface area contributed by atoms with Gasteiger partial charge in [0.25, 0.3) is 0 Å². The average Bonchev–Trinajstić information content (AvgIpc) is 2.75. The molecule has 3 aromatic rings. The second kappa shape index (κ2) is 8.02. The van der Waals surface area contributed by atoms with Crippen LogP contribution in [0.3, 0.4) is 0 Å². The second-order valence-electron chi connectivity index (χ2n) is 7.66. The Morgan fingerprint density at radius 2 is 1.90 bits per heavy atom. The molecule has 0 aliphatic carbocycles. The Morgan fingerprint density at radius 1 is 1.13 bits per heavy atom. The van der Waals surface area contributed by atoms with Crippen LogP contribution in [0, 0.1) is 12.8 Å². The number of primary amides is 1. The zero-order valence-corrected chi connectivity index (χ0v) is 16.8. The van der Waals surface area contributed by atoms with Crippen LogP contribution in [0.5, 0.6) is 5.75 Å². The molecule has 4 rings (SSSR count). The van der Waals surface area contributed by atoms with Crippen LogP contribution in [-0.2, 0) is 4.79 Å². The minimum Gasteiger partial charge on any atom is -0.506 e. The number of rotatable bonds is 4. The number of aromatic nitrogens is 1. The van der Waals surface area contributed by atoms with Crippen LogP contribution >= 0.6 is 0 Å². The van der Waals surface area contributed by atoms with Gasteiger partial charge in [-0.2, -0.15) is 0 Å². The zero-order valence-electron chi connectivity index (χ0n) is 16.8. The van der Waals surface area contributed by atoms with Gasteiger partial charge in [0.15, 0.2) is 0 Å². The van der Waals surface area contributed by atoms with E-state index in [4.69, 9.17) is 5.73 Å². The third-order valence-electron chi connectivity index (χ3n) is 5.64. The Morgan fingerprint density at radius 3 is 2.63 bits per heavy atom. The lowest BCUT2D eigenvalue weighted by Gasteiger charge is -2.32. The first-order valence-electron chi connectivity index (χ1n) is 9.97. The summed E-state index contributed by atoms with van der Waals surface area (Å²) in [5, 5.41) is 13.9. The predicted octanol–water partition coefficient (Wildman–Crippen LogP) is 3.20. The first-order valence-corrected chi connectivity index (χ1v) is 9.97. The number of aromatic hydroxyl groups is 1. The maximum atomic E-state index is 12.7. The third kappa shape index (κ3) is 3.91. The molecule has 1 fully saturated rings. The van der Waals surface area contributed by atoms with E-state index < -0.39 is 5.91 Å². The second-order valence-corrected chi connectivity index (χ2v) is 7.66. The van der Waals surface area contributed by atoms with E-state index in [9.17, 15) is 14.7 Å². The number of para-hydroxylation sites is 1. The molecular weight excluding hydrogens is 380 g/mol. The number of aryl methyl sites for hydroxylation is 1. The minimum absolute atomic E-state index is 0.0574. The van der Waals surface area contributed by atoms with Crippen LogP contribution in [0.15, 0.2) is 48.5 Å². The lowest BCUT2D eigenvalue weighted by atomic mass is 9.95. The van der Waals surface area contributed by atoms with Gasteiger partial charge >= 0.3 is 0 Å². The SMILES string of the molecule is Cc1ccc(NC(=O)C2CCN(c3ccc4cccc(O)c4n3)CC2)cc1C(N)=O. The van der Waals surface area contributed by atoms with Crippen LogP contribution in [0.1, 0.15) is 28.8 Å². The number of pyridine rings is 1. The number of nitrogens with two attached hydrogens (primary N) is 1. The van der Waals surface area contributed by atoms with Crippen molar-refractivity contribution in [1.82, 2.24) is 4.98 Å². The Balaban J connectivity index is 1.41. The quantitative estimate of drug-likeness (QED) is 0.619. The topological polar surface area (TPSA) is 109 Å². The number of amides is 2. The largest absolute Gasteiger partial charge is 0.506 e. The molecule has 1 aliphatic rings. The molecule has 0 unspecified atom stereocenters. The van der Waals surface area contributed by atoms with Gasteiger partial charge in [-0.1, -0.05) is 18.2 Å². The number of carbonyl (C=O) groups is 2. The molecule has 0 bridgehead atoms. The molecule has 2 amide bonds. The molecule has 0 radical (unpaired) electrons. The van der Waals surface area contributed by atoms with E-state index >= 15 is 0 Å². The van der Waals surface area contributed by atoms with Crippen LogP contribution in [-0.4, -0.2) is 35.0 Å². The van der Waals surface area contributed by atoms with E-state index in [0.717, 1.165) is 16.8 Å². The van der Waals surface area contributed by atoms with Crippen LogP contribution < -0.4 is 16.0 Å². The Kier molecular flexibility index (Phi) is 5.27. The molecular formula is C23H24N4O3. The number of hydrogen-bond donors (Lipinski definition) is 3. The lowest BCUT2D eigenvalue weighted by molar-refractivity contribution is -0.120. The number of hydrogen-bond acceptors (Lipinski definition) is 5. The molecule has 1 aliphatic heterocycles. The van der Waals surface area contributed by atoms with Crippen LogP contribution in [0.4, 0.5) is 11.5 Å². The summed E-state index contributed by atoms with van der Waals surface area (Å²) in [4.78, 5) is 31.0. The molecule has 7 heteroatoms. The van der Waals surface area contributed by atoms with E-state index in [0.29, 0.717) is 42.7 Å². The average molecular weight is 404 g/mol. The van der Waals surface area contributed by atoms with Gasteiger partial charge < -0.3 is 21.1 Å². The summed E-state index contributed by atoms with van der Waals surface area (Å²) in [7, 11) is 0. The zero-order chi connectivity index (χ0) is 21.3. The van der Waals surface area contributed by atoms with Crippen LogP contribution in [0.25, 0.3) is 10.9 Å². The fourth-order valence-corrected chi connectivity index (χ4v) is 3.88. The Labute approximate surface area is 174 Å². The van der Waals surface area contributed by atoms with Crippen molar-refractivity contribution in [3.8, 4) is 5.75 Å². The Bertz CT molecular complexity index is 1120. The van der Waals surface area contributed by atoms with Crippen molar-refractivity contribution in [2.24, 2.45) is 11.7 Å². The number of anilines is 2. The number of fused-ring (bicyclic) bond motifs is 1. The molecule has 1 saturated heterocycles. The van der Waals surface area contributed by atoms with Gasteiger partial charge in [0.2, 0.25) is 11.8 Å². The molecule has 7 nitrogen and oxygen atoms in total. The number of nitrogens with one attached hydrogen (secondary N) is 1. The van der Waals surface area contributed by atoms with Gasteiger partial charge in [-0.05, 0) is 55.7 Å². The summed E-state index contributed by atoms with van der Waals surface area (Å²) in [5.41, 5.74) is 7.74. The maximum Gasteiger partial charge on any atom is 0.249 e. The molecule has 1 aromatic heterocycles. The molecule has 0 saturated carbocycles. The summed E-state index contributed by atoms with van der Waals surface area (Å²) < 4.78 is 0. The van der Waals surface area contributed by atoms with Gasteiger partial charge in [0.1, 0.15) is 17.1 Å². The highest BCUT2D eigenvalue weighted by molar-refractivity contribution is 5.98. The number of benzene rings is 2. The van der Waals surface area contributed by atoms with Gasteiger partial charge in [-0.3, -0.25) is 9.59 Å². The number of carbonyl (C=O) groups excluding carboxylic acids is 2. The van der Waals surface area contributed by atoms with Crippen molar-refractivity contribution in [3.05, 3.63) is 59.7 Å². The monoisotopic (exact) mass is 404 g/mol. The first-order chi connectivity index (χ1) is 14.4. The number of phenols is 1. The summed E-state index contributed by atoms with van der Waals surface area (Å²) in [6.45, 7) is 3.21. The smallest absolute Gasteiger partial charge is 0.249 e. The maximum absolute atomic E-state index is 12.7. The first kappa shape index (κ1) is 19.7. The van der Waals surface area contributed by atoms with E-state index in [1.807, 2.05) is 25.1 Å². The molecule has 30 heavy (non-hydrogen) atoms. The molecule has 2 heterocycles. The van der Waals surface area contributed by atoms with Crippen molar-refractivity contribution in [3.63, 3.8) is 0 Å². The molecule has 154 valence electrons. The standard InChI is InChI=1S/C23H24N4O3/c1-14-5-7-17(13-18(14)22(24)29)25-23(30)16-9-11-27(12-10-16)20-8-6-15-3-2-4-19(28)21(15)26-20/h2-8,13,16,28H,9-12H2,1H3,(H2,24,29)(H,25,30). The normalized spacial score (nSPS) is 14.6. The molecule has 2 aromatic carbocycles. The lowest BCUT2D eigenvalue weighted by Crippen LogP contribution is -2.38. The highest BCUT2D eigenvalue weighted by Crippen LogP contribution is 2.28. The van der Waals surface area contributed by atoms with E-state index in [1.54, 1.807) is 30.3 Å². The van der Waals surface area contributed by atoms with Gasteiger partial charge in [0.05, 0.1) is 0 Å². The molecule has 4 N–H and O–H groups in total. The number of phenolic OH excluding ortho intramolecular Hbond substituents is 1.